The summed E-state index contributed by atoms with van der Waals surface area (Å²) in [5.41, 5.74) is -0.396. The van der Waals surface area contributed by atoms with E-state index in [1.54, 1.807) is 4.57 Å². The largest absolute Gasteiger partial charge is 0.465 e. The number of nitrogens with zero attached hydrogens (tertiary/aromatic N) is 2. The molecule has 0 aromatic carbocycles. The first kappa shape index (κ1) is 12.0. The summed E-state index contributed by atoms with van der Waals surface area (Å²) in [6, 6.07) is 1.20. The van der Waals surface area contributed by atoms with Gasteiger partial charge in [0.25, 0.3) is 5.56 Å². The van der Waals surface area contributed by atoms with Crippen LogP contribution >= 0.6 is 11.6 Å². The highest BCUT2D eigenvalue weighted by molar-refractivity contribution is 6.35. The number of aromatic nitrogens is 2. The van der Waals surface area contributed by atoms with Crippen LogP contribution in [0.5, 0.6) is 0 Å². The van der Waals surface area contributed by atoms with Gasteiger partial charge in [0, 0.05) is 25.4 Å². The lowest BCUT2D eigenvalue weighted by molar-refractivity contribution is 0.0598. The normalized spacial score (nSPS) is 12.9. The van der Waals surface area contributed by atoms with Gasteiger partial charge in [-0.05, 0) is 0 Å². The molecule has 0 amide bonds. The predicted octanol–water partition coefficient (Wildman–Crippen LogP) is 0.617. The lowest BCUT2D eigenvalue weighted by Gasteiger charge is -2.08. The van der Waals surface area contributed by atoms with Gasteiger partial charge in [-0.15, -0.1) is 0 Å². The molecule has 19 heavy (non-hydrogen) atoms. The van der Waals surface area contributed by atoms with E-state index >= 15 is 0 Å². The maximum atomic E-state index is 12.3. The van der Waals surface area contributed by atoms with Crippen LogP contribution in [0, 0.1) is 0 Å². The topological polar surface area (TPSA) is 70.3 Å². The Kier molecular flexibility index (Phi) is 2.50. The van der Waals surface area contributed by atoms with E-state index in [1.807, 2.05) is 0 Å². The van der Waals surface area contributed by atoms with Crippen LogP contribution in [0.3, 0.4) is 0 Å². The lowest BCUT2D eigenvalue weighted by atomic mass is 10.2. The molecular formula is C12H9ClN2O4. The summed E-state index contributed by atoms with van der Waals surface area (Å²) in [6.45, 7) is 0.965. The highest BCUT2D eigenvalue weighted by atomic mass is 35.5. The van der Waals surface area contributed by atoms with Crippen LogP contribution in [-0.4, -0.2) is 22.2 Å². The monoisotopic (exact) mass is 280 g/mol. The fourth-order valence-electron chi connectivity index (χ4n) is 2.37. The Balaban J connectivity index is 2.54. The molecule has 2 aromatic rings. The lowest BCUT2D eigenvalue weighted by Crippen LogP contribution is -2.23. The smallest absolute Gasteiger partial charge is 0.343 e. The molecule has 0 atom stereocenters. The van der Waals surface area contributed by atoms with Crippen LogP contribution in [0.2, 0.25) is 5.02 Å². The van der Waals surface area contributed by atoms with Crippen molar-refractivity contribution in [2.45, 2.75) is 13.1 Å². The van der Waals surface area contributed by atoms with Crippen molar-refractivity contribution in [2.75, 3.05) is 7.11 Å². The third-order valence-electron chi connectivity index (χ3n) is 3.23. The molecule has 2 aromatic heterocycles. The number of carbonyl (C=O) groups excluding carboxylic acids is 1. The summed E-state index contributed by atoms with van der Waals surface area (Å²) < 4.78 is 7.73. The zero-order valence-corrected chi connectivity index (χ0v) is 10.7. The van der Waals surface area contributed by atoms with E-state index in [2.05, 4.69) is 4.74 Å². The Labute approximate surface area is 111 Å². The molecule has 0 saturated carbocycles. The Morgan fingerprint density at radius 2 is 2.11 bits per heavy atom. The minimum absolute atomic E-state index is 0.0580. The summed E-state index contributed by atoms with van der Waals surface area (Å²) in [7, 11) is 1.21. The number of hydrogen-bond donors (Lipinski definition) is 0. The summed E-state index contributed by atoms with van der Waals surface area (Å²) in [5, 5.41) is 0.240. The first-order valence-electron chi connectivity index (χ1n) is 5.59. The molecule has 0 N–H and O–H groups in total. The molecule has 1 aliphatic heterocycles. The second kappa shape index (κ2) is 3.96. The van der Waals surface area contributed by atoms with Crippen molar-refractivity contribution in [1.82, 2.24) is 9.13 Å². The predicted molar refractivity (Wildman–Crippen MR) is 68.8 cm³/mol. The zero-order chi connectivity index (χ0) is 13.7. The third kappa shape index (κ3) is 1.53. The average Bonchev–Trinajstić information content (AvgIpc) is 2.79. The molecule has 0 saturated heterocycles. The number of methoxy groups -OCH3 is 1. The molecule has 0 radical (unpaired) electrons. The molecule has 0 fully saturated rings. The standard InChI is InChI=1S/C12H9ClN2O4/c1-19-12(18)6-5-14-2-3-15-8(16)4-7(13)9(10(6)17)11(14)15/h4-5H,2-3H2,1H3. The van der Waals surface area contributed by atoms with Crippen molar-refractivity contribution in [1.29, 1.82) is 0 Å². The van der Waals surface area contributed by atoms with E-state index in [-0.39, 0.29) is 21.5 Å². The van der Waals surface area contributed by atoms with Crippen LogP contribution < -0.4 is 11.0 Å². The summed E-state index contributed by atoms with van der Waals surface area (Å²) in [6.07, 6.45) is 1.41. The quantitative estimate of drug-likeness (QED) is 0.718. The van der Waals surface area contributed by atoms with Crippen LogP contribution in [0.4, 0.5) is 0 Å². The minimum Gasteiger partial charge on any atom is -0.465 e. The number of carbonyl (C=O) groups is 1. The van der Waals surface area contributed by atoms with Crippen LogP contribution in [-0.2, 0) is 17.8 Å². The van der Waals surface area contributed by atoms with Crippen LogP contribution in [0.15, 0.2) is 21.9 Å². The second-order valence-corrected chi connectivity index (χ2v) is 4.64. The summed E-state index contributed by atoms with van der Waals surface area (Å²) in [4.78, 5) is 35.6. The SMILES string of the molecule is COC(=O)c1cn2c3c(c(Cl)cc(=O)n3CC2)c1=O. The molecule has 7 heteroatoms. The van der Waals surface area contributed by atoms with E-state index in [0.717, 1.165) is 0 Å². The summed E-state index contributed by atoms with van der Waals surface area (Å²) >= 11 is 5.98. The molecular weight excluding hydrogens is 272 g/mol. The number of aryl methyl sites for hydroxylation is 2. The Morgan fingerprint density at radius 1 is 1.37 bits per heavy atom. The number of esters is 1. The number of pyridine rings is 2. The number of hydrogen-bond acceptors (Lipinski definition) is 4. The maximum Gasteiger partial charge on any atom is 0.343 e. The molecule has 0 bridgehead atoms. The van der Waals surface area contributed by atoms with E-state index < -0.39 is 11.4 Å². The maximum absolute atomic E-state index is 12.3. The van der Waals surface area contributed by atoms with Gasteiger partial charge in [0.15, 0.2) is 0 Å². The van der Waals surface area contributed by atoms with Crippen molar-refractivity contribution in [2.24, 2.45) is 0 Å². The first-order valence-corrected chi connectivity index (χ1v) is 5.97. The van der Waals surface area contributed by atoms with Gasteiger partial charge in [-0.25, -0.2) is 4.79 Å². The van der Waals surface area contributed by atoms with Gasteiger partial charge in [0.2, 0.25) is 5.43 Å². The third-order valence-corrected chi connectivity index (χ3v) is 3.53. The van der Waals surface area contributed by atoms with Crippen LogP contribution in [0.1, 0.15) is 10.4 Å². The molecule has 0 aliphatic carbocycles. The molecule has 6 nitrogen and oxygen atoms in total. The molecule has 0 spiro atoms. The summed E-state index contributed by atoms with van der Waals surface area (Å²) in [5.74, 6) is -0.712. The van der Waals surface area contributed by atoms with Gasteiger partial charge in [0.1, 0.15) is 11.2 Å². The second-order valence-electron chi connectivity index (χ2n) is 4.24. The van der Waals surface area contributed by atoms with Gasteiger partial charge in [-0.3, -0.25) is 14.2 Å². The molecule has 1 aliphatic rings. The number of ether oxygens (including phenoxy) is 1. The fraction of sp³-hybridized carbons (Fsp3) is 0.250. The van der Waals surface area contributed by atoms with Crippen LogP contribution in [0.25, 0.3) is 11.0 Å². The van der Waals surface area contributed by atoms with E-state index in [1.165, 1.54) is 23.9 Å². The van der Waals surface area contributed by atoms with Gasteiger partial charge in [-0.1, -0.05) is 11.6 Å². The molecule has 98 valence electrons. The minimum atomic E-state index is -0.712. The molecule has 3 rings (SSSR count). The first-order chi connectivity index (χ1) is 9.04. The zero-order valence-electron chi connectivity index (χ0n) is 9.97. The van der Waals surface area contributed by atoms with Crippen molar-refractivity contribution < 1.29 is 9.53 Å². The van der Waals surface area contributed by atoms with Gasteiger partial charge >= 0.3 is 5.97 Å². The van der Waals surface area contributed by atoms with E-state index in [4.69, 9.17) is 11.6 Å². The van der Waals surface area contributed by atoms with Crippen molar-refractivity contribution >= 4 is 28.6 Å². The Morgan fingerprint density at radius 3 is 2.79 bits per heavy atom. The van der Waals surface area contributed by atoms with Gasteiger partial charge in [0.05, 0.1) is 17.5 Å². The highest BCUT2D eigenvalue weighted by Crippen LogP contribution is 2.22. The van der Waals surface area contributed by atoms with Crippen molar-refractivity contribution in [3.05, 3.63) is 43.4 Å². The Hall–Kier alpha value is -2.08. The molecule has 3 heterocycles. The number of rotatable bonds is 1. The Bertz CT molecular complexity index is 834. The van der Waals surface area contributed by atoms with Crippen molar-refractivity contribution in [3.63, 3.8) is 0 Å². The average molecular weight is 281 g/mol. The number of halogens is 1. The molecule has 0 unspecified atom stereocenters. The fourth-order valence-corrected chi connectivity index (χ4v) is 2.64. The van der Waals surface area contributed by atoms with Gasteiger partial charge < -0.3 is 9.30 Å². The van der Waals surface area contributed by atoms with Gasteiger partial charge in [-0.2, -0.15) is 0 Å². The van der Waals surface area contributed by atoms with E-state index in [9.17, 15) is 14.4 Å². The van der Waals surface area contributed by atoms with Crippen molar-refractivity contribution in [3.8, 4) is 0 Å². The highest BCUT2D eigenvalue weighted by Gasteiger charge is 2.23. The van der Waals surface area contributed by atoms with E-state index in [0.29, 0.717) is 18.7 Å².